The molecule has 23 heavy (non-hydrogen) atoms. The predicted octanol–water partition coefficient (Wildman–Crippen LogP) is 2.36. The Bertz CT molecular complexity index is 706. The van der Waals surface area contributed by atoms with Crippen molar-refractivity contribution in [2.24, 2.45) is 0 Å². The second-order valence-electron chi connectivity index (χ2n) is 4.64. The van der Waals surface area contributed by atoms with Crippen LogP contribution >= 0.6 is 11.6 Å². The first kappa shape index (κ1) is 16.9. The molecular formula is C16H16ClN3O3. The van der Waals surface area contributed by atoms with Gasteiger partial charge < -0.3 is 15.4 Å². The lowest BCUT2D eigenvalue weighted by atomic mass is 10.2. The summed E-state index contributed by atoms with van der Waals surface area (Å²) in [5, 5.41) is 5.89. The number of pyridine rings is 1. The van der Waals surface area contributed by atoms with E-state index in [9.17, 15) is 9.59 Å². The van der Waals surface area contributed by atoms with Crippen LogP contribution in [0.2, 0.25) is 5.02 Å². The van der Waals surface area contributed by atoms with Crippen molar-refractivity contribution in [3.63, 3.8) is 0 Å². The predicted molar refractivity (Wildman–Crippen MR) is 87.9 cm³/mol. The Morgan fingerprint density at radius 3 is 2.78 bits per heavy atom. The van der Waals surface area contributed by atoms with Gasteiger partial charge in [0.25, 0.3) is 11.8 Å². The molecule has 0 atom stereocenters. The zero-order valence-corrected chi connectivity index (χ0v) is 13.3. The zero-order valence-electron chi connectivity index (χ0n) is 12.5. The van der Waals surface area contributed by atoms with Gasteiger partial charge >= 0.3 is 0 Å². The minimum Gasteiger partial charge on any atom is -0.383 e. The zero-order chi connectivity index (χ0) is 16.7. The Balaban J connectivity index is 2.06. The molecule has 6 nitrogen and oxygen atoms in total. The number of anilines is 1. The highest BCUT2D eigenvalue weighted by Gasteiger charge is 2.12. The van der Waals surface area contributed by atoms with Crippen molar-refractivity contribution in [2.45, 2.75) is 0 Å². The standard InChI is InChI=1S/C16H16ClN3O3/c1-23-8-7-19-16(22)14-9-11(5-6-18-14)15(21)20-13-4-2-3-12(17)10-13/h2-6,9-10H,7-8H2,1H3,(H,19,22)(H,20,21). The van der Waals surface area contributed by atoms with Crippen LogP contribution in [0.1, 0.15) is 20.8 Å². The normalized spacial score (nSPS) is 10.2. The average molecular weight is 334 g/mol. The fourth-order valence-corrected chi connectivity index (χ4v) is 2.01. The largest absolute Gasteiger partial charge is 0.383 e. The molecule has 0 saturated heterocycles. The minimum absolute atomic E-state index is 0.167. The molecule has 0 unspecified atom stereocenters. The van der Waals surface area contributed by atoms with Gasteiger partial charge in [0.05, 0.1) is 6.61 Å². The fourth-order valence-electron chi connectivity index (χ4n) is 1.82. The first-order valence-corrected chi connectivity index (χ1v) is 7.28. The third kappa shape index (κ3) is 5.05. The van der Waals surface area contributed by atoms with Gasteiger partial charge in [-0.25, -0.2) is 0 Å². The Morgan fingerprint density at radius 1 is 1.22 bits per heavy atom. The highest BCUT2D eigenvalue weighted by molar-refractivity contribution is 6.31. The number of nitrogens with zero attached hydrogens (tertiary/aromatic N) is 1. The molecule has 0 fully saturated rings. The smallest absolute Gasteiger partial charge is 0.269 e. The monoisotopic (exact) mass is 333 g/mol. The van der Waals surface area contributed by atoms with E-state index in [1.165, 1.54) is 18.3 Å². The number of methoxy groups -OCH3 is 1. The van der Waals surface area contributed by atoms with Crippen molar-refractivity contribution in [1.29, 1.82) is 0 Å². The Hall–Kier alpha value is -2.44. The van der Waals surface area contributed by atoms with E-state index in [4.69, 9.17) is 16.3 Å². The third-order valence-electron chi connectivity index (χ3n) is 2.93. The van der Waals surface area contributed by atoms with Gasteiger partial charge in [-0.3, -0.25) is 14.6 Å². The molecule has 120 valence electrons. The van der Waals surface area contributed by atoms with E-state index in [2.05, 4.69) is 15.6 Å². The lowest BCUT2D eigenvalue weighted by Crippen LogP contribution is -2.28. The number of nitrogens with one attached hydrogen (secondary N) is 2. The van der Waals surface area contributed by atoms with Crippen LogP contribution in [-0.2, 0) is 4.74 Å². The van der Waals surface area contributed by atoms with Gasteiger partial charge in [-0.05, 0) is 30.3 Å². The summed E-state index contributed by atoms with van der Waals surface area (Å²) in [5.74, 6) is -0.708. The summed E-state index contributed by atoms with van der Waals surface area (Å²) >= 11 is 5.88. The Kier molecular flexibility index (Phi) is 6.08. The van der Waals surface area contributed by atoms with Crippen molar-refractivity contribution >= 4 is 29.1 Å². The molecule has 2 amide bonds. The summed E-state index contributed by atoms with van der Waals surface area (Å²) in [4.78, 5) is 28.1. The molecule has 7 heteroatoms. The van der Waals surface area contributed by atoms with Gasteiger partial charge in [0.1, 0.15) is 5.69 Å². The van der Waals surface area contributed by atoms with E-state index in [0.717, 1.165) is 0 Å². The first-order valence-electron chi connectivity index (χ1n) is 6.90. The quantitative estimate of drug-likeness (QED) is 0.795. The number of ether oxygens (including phenoxy) is 1. The van der Waals surface area contributed by atoms with Crippen molar-refractivity contribution in [3.05, 3.63) is 58.9 Å². The number of carbonyl (C=O) groups is 2. The molecule has 1 aromatic heterocycles. The van der Waals surface area contributed by atoms with Gasteiger partial charge in [0, 0.05) is 36.1 Å². The first-order chi connectivity index (χ1) is 11.1. The van der Waals surface area contributed by atoms with Gasteiger partial charge in [0.15, 0.2) is 0 Å². The number of hydrogen-bond donors (Lipinski definition) is 2. The van der Waals surface area contributed by atoms with Crippen LogP contribution in [0, 0.1) is 0 Å². The van der Waals surface area contributed by atoms with E-state index in [1.807, 2.05) is 0 Å². The SMILES string of the molecule is COCCNC(=O)c1cc(C(=O)Nc2cccc(Cl)c2)ccn1. The van der Waals surface area contributed by atoms with Crippen LogP contribution in [-0.4, -0.2) is 37.1 Å². The topological polar surface area (TPSA) is 80.3 Å². The Labute approximate surface area is 138 Å². The lowest BCUT2D eigenvalue weighted by Gasteiger charge is -2.07. The maximum atomic E-state index is 12.2. The fraction of sp³-hybridized carbons (Fsp3) is 0.188. The molecule has 0 aliphatic heterocycles. The number of hydrogen-bond acceptors (Lipinski definition) is 4. The van der Waals surface area contributed by atoms with Crippen LogP contribution in [0.25, 0.3) is 0 Å². The maximum absolute atomic E-state index is 12.2. The lowest BCUT2D eigenvalue weighted by molar-refractivity contribution is 0.0932. The molecule has 2 N–H and O–H groups in total. The summed E-state index contributed by atoms with van der Waals surface area (Å²) in [5.41, 5.74) is 1.07. The Morgan fingerprint density at radius 2 is 2.04 bits per heavy atom. The van der Waals surface area contributed by atoms with Crippen molar-refractivity contribution in [3.8, 4) is 0 Å². The summed E-state index contributed by atoms with van der Waals surface area (Å²) in [6, 6.07) is 9.78. The number of aromatic nitrogens is 1. The van der Waals surface area contributed by atoms with Gasteiger partial charge in [-0.2, -0.15) is 0 Å². The summed E-state index contributed by atoms with van der Waals surface area (Å²) in [6.45, 7) is 0.774. The number of carbonyl (C=O) groups excluding carboxylic acids is 2. The molecule has 2 rings (SSSR count). The molecule has 1 heterocycles. The van der Waals surface area contributed by atoms with Gasteiger partial charge in [0.2, 0.25) is 0 Å². The molecule has 2 aromatic rings. The van der Waals surface area contributed by atoms with Crippen molar-refractivity contribution in [1.82, 2.24) is 10.3 Å². The molecule has 0 aliphatic rings. The molecular weight excluding hydrogens is 318 g/mol. The molecule has 0 aliphatic carbocycles. The second kappa shape index (κ2) is 8.26. The minimum atomic E-state index is -0.362. The van der Waals surface area contributed by atoms with Crippen LogP contribution in [0.3, 0.4) is 0 Å². The summed E-state index contributed by atoms with van der Waals surface area (Å²) < 4.78 is 4.86. The second-order valence-corrected chi connectivity index (χ2v) is 5.08. The van der Waals surface area contributed by atoms with Crippen LogP contribution in [0.5, 0.6) is 0 Å². The van der Waals surface area contributed by atoms with Crippen LogP contribution < -0.4 is 10.6 Å². The van der Waals surface area contributed by atoms with Crippen molar-refractivity contribution in [2.75, 3.05) is 25.6 Å². The van der Waals surface area contributed by atoms with E-state index < -0.39 is 0 Å². The molecule has 0 radical (unpaired) electrons. The summed E-state index contributed by atoms with van der Waals surface area (Å²) in [6.07, 6.45) is 1.41. The molecule has 0 bridgehead atoms. The highest BCUT2D eigenvalue weighted by atomic mass is 35.5. The molecule has 0 spiro atoms. The average Bonchev–Trinajstić information content (AvgIpc) is 2.55. The van der Waals surface area contributed by atoms with E-state index in [0.29, 0.717) is 29.4 Å². The summed E-state index contributed by atoms with van der Waals surface area (Å²) in [7, 11) is 1.55. The van der Waals surface area contributed by atoms with Crippen LogP contribution in [0.4, 0.5) is 5.69 Å². The van der Waals surface area contributed by atoms with E-state index in [1.54, 1.807) is 31.4 Å². The number of rotatable bonds is 6. The number of benzene rings is 1. The van der Waals surface area contributed by atoms with E-state index >= 15 is 0 Å². The maximum Gasteiger partial charge on any atom is 0.269 e. The van der Waals surface area contributed by atoms with E-state index in [-0.39, 0.29) is 17.5 Å². The highest BCUT2D eigenvalue weighted by Crippen LogP contribution is 2.16. The molecule has 1 aromatic carbocycles. The van der Waals surface area contributed by atoms with Crippen LogP contribution in [0.15, 0.2) is 42.6 Å². The molecule has 0 saturated carbocycles. The van der Waals surface area contributed by atoms with Gasteiger partial charge in [-0.15, -0.1) is 0 Å². The van der Waals surface area contributed by atoms with Crippen molar-refractivity contribution < 1.29 is 14.3 Å². The third-order valence-corrected chi connectivity index (χ3v) is 3.16. The number of amides is 2. The number of halogens is 1. The van der Waals surface area contributed by atoms with Gasteiger partial charge in [-0.1, -0.05) is 17.7 Å².